The molecule has 3 rings (SSSR count). The minimum Gasteiger partial charge on any atom is -0.338 e. The summed E-state index contributed by atoms with van der Waals surface area (Å²) in [5, 5.41) is 0.484. The van der Waals surface area contributed by atoms with E-state index in [0.29, 0.717) is 41.8 Å². The van der Waals surface area contributed by atoms with Gasteiger partial charge in [0, 0.05) is 29.5 Å². The van der Waals surface area contributed by atoms with E-state index in [2.05, 4.69) is 0 Å². The summed E-state index contributed by atoms with van der Waals surface area (Å²) in [5.74, 6) is -0.353. The minimum absolute atomic E-state index is 0.0111. The number of hydrogen-bond donors (Lipinski definition) is 0. The Hall–Kier alpha value is -1.12. The zero-order valence-electron chi connectivity index (χ0n) is 15.5. The van der Waals surface area contributed by atoms with Crippen LogP contribution in [0.3, 0.4) is 0 Å². The van der Waals surface area contributed by atoms with E-state index in [4.69, 9.17) is 23.2 Å². The predicted molar refractivity (Wildman–Crippen MR) is 113 cm³/mol. The van der Waals surface area contributed by atoms with Gasteiger partial charge in [0.25, 0.3) is 0 Å². The van der Waals surface area contributed by atoms with E-state index in [1.165, 1.54) is 27.8 Å². The molecule has 1 saturated heterocycles. The molecule has 152 valence electrons. The third-order valence-electron chi connectivity index (χ3n) is 4.85. The summed E-state index contributed by atoms with van der Waals surface area (Å²) in [6.07, 6.45) is 1.35. The molecule has 1 amide bonds. The molecule has 1 aromatic carbocycles. The largest absolute Gasteiger partial charge is 0.338 e. The van der Waals surface area contributed by atoms with Crippen molar-refractivity contribution in [2.24, 2.45) is 5.92 Å². The fourth-order valence-electron chi connectivity index (χ4n) is 3.35. The molecule has 28 heavy (non-hydrogen) atoms. The highest BCUT2D eigenvalue weighted by Crippen LogP contribution is 2.27. The third-order valence-corrected chi connectivity index (χ3v) is 8.20. The van der Waals surface area contributed by atoms with Crippen molar-refractivity contribution in [1.29, 1.82) is 0 Å². The number of carbonyl (C=O) groups is 1. The van der Waals surface area contributed by atoms with Gasteiger partial charge < -0.3 is 4.90 Å². The van der Waals surface area contributed by atoms with Gasteiger partial charge in [-0.15, -0.1) is 11.3 Å². The average molecular weight is 461 g/mol. The molecule has 9 heteroatoms. The van der Waals surface area contributed by atoms with Crippen LogP contribution in [0.4, 0.5) is 0 Å². The molecule has 2 aromatic rings. The third kappa shape index (κ3) is 4.89. The second-order valence-electron chi connectivity index (χ2n) is 6.71. The molecule has 0 aliphatic carbocycles. The number of piperidine rings is 1. The topological polar surface area (TPSA) is 57.7 Å². The van der Waals surface area contributed by atoms with Crippen LogP contribution in [0.5, 0.6) is 0 Å². The van der Waals surface area contributed by atoms with Crippen LogP contribution in [0.15, 0.2) is 41.3 Å². The van der Waals surface area contributed by atoms with Crippen molar-refractivity contribution in [2.75, 3.05) is 19.6 Å². The molecule has 0 saturated carbocycles. The van der Waals surface area contributed by atoms with Crippen molar-refractivity contribution in [1.82, 2.24) is 9.21 Å². The van der Waals surface area contributed by atoms with Gasteiger partial charge >= 0.3 is 0 Å². The Kier molecular flexibility index (Phi) is 7.04. The van der Waals surface area contributed by atoms with Crippen molar-refractivity contribution in [2.45, 2.75) is 31.2 Å². The summed E-state index contributed by atoms with van der Waals surface area (Å²) in [6, 6.07) is 9.87. The fourth-order valence-corrected chi connectivity index (χ4v) is 6.10. The SMILES string of the molecule is CCN(Cc1ccc(Cl)s1)C(=O)C1CCCN(S(=O)(=O)c2ccc(Cl)cc2)C1. The number of thiophene rings is 1. The van der Waals surface area contributed by atoms with Crippen molar-refractivity contribution in [3.05, 3.63) is 50.6 Å². The number of sulfonamides is 1. The van der Waals surface area contributed by atoms with Crippen LogP contribution >= 0.6 is 34.5 Å². The first-order chi connectivity index (χ1) is 13.3. The highest BCUT2D eigenvalue weighted by atomic mass is 35.5. The molecule has 5 nitrogen and oxygen atoms in total. The molecule has 1 aliphatic rings. The second-order valence-corrected chi connectivity index (χ2v) is 10.9. The number of nitrogens with zero attached hydrogens (tertiary/aromatic N) is 2. The molecule has 0 radical (unpaired) electrons. The minimum atomic E-state index is -3.64. The number of halogens is 2. The molecular weight excluding hydrogens is 439 g/mol. The average Bonchev–Trinajstić information content (AvgIpc) is 3.11. The molecule has 1 aromatic heterocycles. The van der Waals surface area contributed by atoms with Gasteiger partial charge in [-0.05, 0) is 56.2 Å². The lowest BCUT2D eigenvalue weighted by Gasteiger charge is -2.34. The highest BCUT2D eigenvalue weighted by Gasteiger charge is 2.34. The first-order valence-corrected chi connectivity index (χ1v) is 12.1. The molecule has 1 atom stereocenters. The number of rotatable bonds is 6. The predicted octanol–water partition coefficient (Wildman–Crippen LogP) is 4.50. The second kappa shape index (κ2) is 9.13. The summed E-state index contributed by atoms with van der Waals surface area (Å²) >= 11 is 13.3. The van der Waals surface area contributed by atoms with Crippen LogP contribution in [0, 0.1) is 5.92 Å². The smallest absolute Gasteiger partial charge is 0.243 e. The normalized spacial score (nSPS) is 18.2. The van der Waals surface area contributed by atoms with Gasteiger partial charge in [0.2, 0.25) is 15.9 Å². The molecule has 0 spiro atoms. The molecular formula is C19H22Cl2N2O3S2. The van der Waals surface area contributed by atoms with Crippen LogP contribution in [0.1, 0.15) is 24.6 Å². The standard InChI is InChI=1S/C19H22Cl2N2O3S2/c1-2-22(13-16-7-10-18(21)27-16)19(24)14-4-3-11-23(12-14)28(25,26)17-8-5-15(20)6-9-17/h5-10,14H,2-4,11-13H2,1H3. The Morgan fingerprint density at radius 2 is 1.93 bits per heavy atom. The van der Waals surface area contributed by atoms with Gasteiger partial charge in [-0.25, -0.2) is 8.42 Å². The number of carbonyl (C=O) groups excluding carboxylic acids is 1. The van der Waals surface area contributed by atoms with E-state index in [0.717, 1.165) is 4.88 Å². The lowest BCUT2D eigenvalue weighted by Crippen LogP contribution is -2.46. The number of hydrogen-bond acceptors (Lipinski definition) is 4. The first-order valence-electron chi connectivity index (χ1n) is 9.10. The van der Waals surface area contributed by atoms with Crippen molar-refractivity contribution >= 4 is 50.5 Å². The Bertz CT molecular complexity index is 929. The van der Waals surface area contributed by atoms with Crippen LogP contribution in [0.25, 0.3) is 0 Å². The molecule has 1 unspecified atom stereocenters. The summed E-state index contributed by atoms with van der Waals surface area (Å²) < 4.78 is 28.0. The van der Waals surface area contributed by atoms with E-state index in [1.807, 2.05) is 19.1 Å². The monoisotopic (exact) mass is 460 g/mol. The maximum atomic E-state index is 13.1. The maximum absolute atomic E-state index is 13.1. The van der Waals surface area contributed by atoms with Crippen LogP contribution < -0.4 is 0 Å². The summed E-state index contributed by atoms with van der Waals surface area (Å²) in [5.41, 5.74) is 0. The van der Waals surface area contributed by atoms with Gasteiger partial charge in [-0.2, -0.15) is 4.31 Å². The molecule has 0 N–H and O–H groups in total. The molecule has 1 fully saturated rings. The number of benzene rings is 1. The molecule has 1 aliphatic heterocycles. The lowest BCUT2D eigenvalue weighted by atomic mass is 9.98. The van der Waals surface area contributed by atoms with Gasteiger partial charge in [-0.3, -0.25) is 4.79 Å². The summed E-state index contributed by atoms with van der Waals surface area (Å²) in [7, 11) is -3.64. The van der Waals surface area contributed by atoms with Gasteiger partial charge in [0.1, 0.15) is 0 Å². The lowest BCUT2D eigenvalue weighted by molar-refractivity contribution is -0.137. The Labute approximate surface area is 179 Å². The van der Waals surface area contributed by atoms with E-state index in [1.54, 1.807) is 17.0 Å². The Morgan fingerprint density at radius 1 is 1.21 bits per heavy atom. The van der Waals surface area contributed by atoms with E-state index in [-0.39, 0.29) is 23.3 Å². The first kappa shape index (κ1) is 21.6. The van der Waals surface area contributed by atoms with Crippen molar-refractivity contribution in [3.63, 3.8) is 0 Å². The zero-order chi connectivity index (χ0) is 20.3. The van der Waals surface area contributed by atoms with Gasteiger partial charge in [0.15, 0.2) is 0 Å². The van der Waals surface area contributed by atoms with Crippen LogP contribution in [-0.4, -0.2) is 43.2 Å². The van der Waals surface area contributed by atoms with E-state index < -0.39 is 10.0 Å². The quantitative estimate of drug-likeness (QED) is 0.637. The Balaban J connectivity index is 1.72. The summed E-state index contributed by atoms with van der Waals surface area (Å²) in [4.78, 5) is 16.0. The van der Waals surface area contributed by atoms with Crippen molar-refractivity contribution in [3.8, 4) is 0 Å². The fraction of sp³-hybridized carbons (Fsp3) is 0.421. The van der Waals surface area contributed by atoms with E-state index in [9.17, 15) is 13.2 Å². The zero-order valence-corrected chi connectivity index (χ0v) is 18.6. The number of amides is 1. The maximum Gasteiger partial charge on any atom is 0.243 e. The van der Waals surface area contributed by atoms with E-state index >= 15 is 0 Å². The van der Waals surface area contributed by atoms with Gasteiger partial charge in [-0.1, -0.05) is 23.2 Å². The van der Waals surface area contributed by atoms with Crippen molar-refractivity contribution < 1.29 is 13.2 Å². The molecule has 0 bridgehead atoms. The highest BCUT2D eigenvalue weighted by molar-refractivity contribution is 7.89. The Morgan fingerprint density at radius 3 is 2.54 bits per heavy atom. The van der Waals surface area contributed by atoms with Crippen LogP contribution in [0.2, 0.25) is 9.36 Å². The van der Waals surface area contributed by atoms with Crippen LogP contribution in [-0.2, 0) is 21.4 Å². The van der Waals surface area contributed by atoms with Gasteiger partial charge in [0.05, 0.1) is 21.7 Å². The summed E-state index contributed by atoms with van der Waals surface area (Å²) in [6.45, 7) is 3.60. The molecule has 2 heterocycles.